The third-order valence-corrected chi connectivity index (χ3v) is 4.67. The number of nitrogens with one attached hydrogen (secondary N) is 2. The molecule has 3 aromatic rings. The van der Waals surface area contributed by atoms with Crippen LogP contribution in [0, 0.1) is 0 Å². The number of benzene rings is 1. The SMILES string of the molecule is CCn1cnnc1CN=C(NCCc1ccco1)Nc1ccc2c(c1)OCCCO2.I. The number of aryl methyl sites for hydroxylation is 1. The smallest absolute Gasteiger partial charge is 0.196 e. The van der Waals surface area contributed by atoms with E-state index < -0.39 is 0 Å². The Bertz CT molecular complexity index is 973. The van der Waals surface area contributed by atoms with Gasteiger partial charge in [0.2, 0.25) is 0 Å². The monoisotopic (exact) mass is 538 g/mol. The molecule has 0 fully saturated rings. The van der Waals surface area contributed by atoms with Crippen LogP contribution in [-0.2, 0) is 19.5 Å². The highest BCUT2D eigenvalue weighted by molar-refractivity contribution is 14.0. The second-order valence-corrected chi connectivity index (χ2v) is 6.79. The highest BCUT2D eigenvalue weighted by Gasteiger charge is 2.12. The van der Waals surface area contributed by atoms with Crippen molar-refractivity contribution in [3.63, 3.8) is 0 Å². The predicted octanol–water partition coefficient (Wildman–Crippen LogP) is 3.47. The van der Waals surface area contributed by atoms with E-state index in [1.54, 1.807) is 12.6 Å². The summed E-state index contributed by atoms with van der Waals surface area (Å²) >= 11 is 0. The van der Waals surface area contributed by atoms with Crippen LogP contribution in [0.1, 0.15) is 24.9 Å². The molecule has 0 unspecified atom stereocenters. The number of hydrogen-bond donors (Lipinski definition) is 2. The molecule has 0 atom stereocenters. The molecule has 0 saturated carbocycles. The summed E-state index contributed by atoms with van der Waals surface area (Å²) in [4.78, 5) is 4.69. The van der Waals surface area contributed by atoms with Gasteiger partial charge in [0, 0.05) is 37.7 Å². The van der Waals surface area contributed by atoms with Gasteiger partial charge in [0.15, 0.2) is 23.3 Å². The standard InChI is InChI=1S/C21H26N6O3.HI/c1-2-27-15-24-26-20(27)14-23-21(22-9-8-17-5-3-10-28-17)25-16-6-7-18-19(13-16)30-12-4-11-29-18;/h3,5-7,10,13,15H,2,4,8-9,11-12,14H2,1H3,(H2,22,23,25);1H. The Labute approximate surface area is 198 Å². The zero-order chi connectivity index (χ0) is 20.6. The lowest BCUT2D eigenvalue weighted by Gasteiger charge is -2.14. The minimum atomic E-state index is 0. The van der Waals surface area contributed by atoms with Crippen LogP contribution in [0.2, 0.25) is 0 Å². The third-order valence-electron chi connectivity index (χ3n) is 4.67. The second kappa shape index (κ2) is 11.6. The van der Waals surface area contributed by atoms with Gasteiger partial charge < -0.3 is 29.1 Å². The van der Waals surface area contributed by atoms with Crippen molar-refractivity contribution in [2.45, 2.75) is 32.9 Å². The van der Waals surface area contributed by atoms with Crippen LogP contribution in [0.3, 0.4) is 0 Å². The number of nitrogens with zero attached hydrogens (tertiary/aromatic N) is 4. The first-order valence-electron chi connectivity index (χ1n) is 10.2. The zero-order valence-corrected chi connectivity index (χ0v) is 19.7. The topological polar surface area (TPSA) is 98.7 Å². The molecule has 31 heavy (non-hydrogen) atoms. The summed E-state index contributed by atoms with van der Waals surface area (Å²) in [5.74, 6) is 3.87. The van der Waals surface area contributed by atoms with Gasteiger partial charge in [-0.3, -0.25) is 0 Å². The van der Waals surface area contributed by atoms with Crippen LogP contribution >= 0.6 is 24.0 Å². The van der Waals surface area contributed by atoms with Crippen LogP contribution in [0.25, 0.3) is 0 Å². The average molecular weight is 538 g/mol. The van der Waals surface area contributed by atoms with Crippen molar-refractivity contribution in [1.82, 2.24) is 20.1 Å². The number of halogens is 1. The molecule has 0 aliphatic carbocycles. The molecule has 10 heteroatoms. The Kier molecular flexibility index (Phi) is 8.56. The average Bonchev–Trinajstić information content (AvgIpc) is 3.39. The molecular formula is C21H27IN6O3. The van der Waals surface area contributed by atoms with E-state index in [0.717, 1.165) is 48.2 Å². The second-order valence-electron chi connectivity index (χ2n) is 6.79. The Morgan fingerprint density at radius 2 is 2.06 bits per heavy atom. The fraction of sp³-hybridized carbons (Fsp3) is 0.381. The first-order valence-corrected chi connectivity index (χ1v) is 10.2. The third kappa shape index (κ3) is 6.36. The summed E-state index contributed by atoms with van der Waals surface area (Å²) in [5, 5.41) is 14.8. The summed E-state index contributed by atoms with van der Waals surface area (Å²) in [5.41, 5.74) is 0.862. The van der Waals surface area contributed by atoms with Crippen molar-refractivity contribution in [3.05, 3.63) is 54.5 Å². The van der Waals surface area contributed by atoms with E-state index in [4.69, 9.17) is 13.9 Å². The summed E-state index contributed by atoms with van der Waals surface area (Å²) in [6, 6.07) is 9.64. The van der Waals surface area contributed by atoms with Gasteiger partial charge >= 0.3 is 0 Å². The summed E-state index contributed by atoms with van der Waals surface area (Å²) < 4.78 is 18.9. The molecule has 4 rings (SSSR count). The van der Waals surface area contributed by atoms with E-state index in [9.17, 15) is 0 Å². The molecule has 0 amide bonds. The van der Waals surface area contributed by atoms with E-state index in [2.05, 4.69) is 32.7 Å². The number of ether oxygens (including phenoxy) is 2. The van der Waals surface area contributed by atoms with Crippen LogP contribution in [0.4, 0.5) is 5.69 Å². The number of aliphatic imine (C=N–C) groups is 1. The van der Waals surface area contributed by atoms with Crippen molar-refractivity contribution in [2.75, 3.05) is 25.1 Å². The lowest BCUT2D eigenvalue weighted by atomic mass is 10.2. The number of guanidine groups is 1. The normalized spacial score (nSPS) is 13.3. The van der Waals surface area contributed by atoms with Gasteiger partial charge in [0.25, 0.3) is 0 Å². The number of rotatable bonds is 7. The molecule has 0 saturated heterocycles. The highest BCUT2D eigenvalue weighted by Crippen LogP contribution is 2.32. The van der Waals surface area contributed by atoms with E-state index in [1.165, 1.54) is 0 Å². The Morgan fingerprint density at radius 1 is 1.19 bits per heavy atom. The molecular weight excluding hydrogens is 511 g/mol. The van der Waals surface area contributed by atoms with Crippen LogP contribution in [-0.4, -0.2) is 40.5 Å². The number of furan rings is 1. The number of fused-ring (bicyclic) bond motifs is 1. The summed E-state index contributed by atoms with van der Waals surface area (Å²) in [6.45, 7) is 5.24. The van der Waals surface area contributed by atoms with Gasteiger partial charge in [0.1, 0.15) is 18.6 Å². The van der Waals surface area contributed by atoms with Crippen molar-refractivity contribution in [1.29, 1.82) is 0 Å². The molecule has 166 valence electrons. The molecule has 0 spiro atoms. The Balaban J connectivity index is 0.00000272. The Morgan fingerprint density at radius 3 is 2.87 bits per heavy atom. The zero-order valence-electron chi connectivity index (χ0n) is 17.4. The minimum Gasteiger partial charge on any atom is -0.490 e. The van der Waals surface area contributed by atoms with Crippen molar-refractivity contribution in [2.24, 2.45) is 4.99 Å². The van der Waals surface area contributed by atoms with Crippen molar-refractivity contribution >= 4 is 35.6 Å². The van der Waals surface area contributed by atoms with Gasteiger partial charge in [-0.25, -0.2) is 4.99 Å². The maximum Gasteiger partial charge on any atom is 0.196 e. The fourth-order valence-electron chi connectivity index (χ4n) is 3.09. The molecule has 3 heterocycles. The lowest BCUT2D eigenvalue weighted by molar-refractivity contribution is 0.297. The van der Waals surface area contributed by atoms with Gasteiger partial charge in [0.05, 0.1) is 19.5 Å². The van der Waals surface area contributed by atoms with Crippen LogP contribution < -0.4 is 20.1 Å². The van der Waals surface area contributed by atoms with E-state index >= 15 is 0 Å². The maximum absolute atomic E-state index is 5.79. The van der Waals surface area contributed by atoms with Gasteiger partial charge in [-0.05, 0) is 31.2 Å². The lowest BCUT2D eigenvalue weighted by Crippen LogP contribution is -2.32. The van der Waals surface area contributed by atoms with E-state index in [0.29, 0.717) is 32.3 Å². The molecule has 1 aliphatic heterocycles. The maximum atomic E-state index is 5.79. The van der Waals surface area contributed by atoms with Crippen LogP contribution in [0.5, 0.6) is 11.5 Å². The quantitative estimate of drug-likeness (QED) is 0.270. The highest BCUT2D eigenvalue weighted by atomic mass is 127. The van der Waals surface area contributed by atoms with E-state index in [1.807, 2.05) is 34.9 Å². The number of aromatic nitrogens is 3. The number of hydrogen-bond acceptors (Lipinski definition) is 6. The summed E-state index contributed by atoms with van der Waals surface area (Å²) in [7, 11) is 0. The molecule has 2 N–H and O–H groups in total. The molecule has 2 aromatic heterocycles. The van der Waals surface area contributed by atoms with Gasteiger partial charge in [-0.15, -0.1) is 34.2 Å². The molecule has 0 radical (unpaired) electrons. The fourth-order valence-corrected chi connectivity index (χ4v) is 3.09. The van der Waals surface area contributed by atoms with Crippen molar-refractivity contribution in [3.8, 4) is 11.5 Å². The van der Waals surface area contributed by atoms with E-state index in [-0.39, 0.29) is 24.0 Å². The Hall–Kier alpha value is -2.76. The molecule has 1 aromatic carbocycles. The first-order chi connectivity index (χ1) is 14.8. The largest absolute Gasteiger partial charge is 0.490 e. The first kappa shape index (κ1) is 22.9. The number of anilines is 1. The molecule has 0 bridgehead atoms. The van der Waals surface area contributed by atoms with Crippen molar-refractivity contribution < 1.29 is 13.9 Å². The van der Waals surface area contributed by atoms with Gasteiger partial charge in [-0.2, -0.15) is 0 Å². The predicted molar refractivity (Wildman–Crippen MR) is 128 cm³/mol. The van der Waals surface area contributed by atoms with Gasteiger partial charge in [-0.1, -0.05) is 0 Å². The minimum absolute atomic E-state index is 0. The molecule has 9 nitrogen and oxygen atoms in total. The molecule has 1 aliphatic rings. The van der Waals surface area contributed by atoms with Crippen LogP contribution in [0.15, 0.2) is 52.3 Å². The summed E-state index contributed by atoms with van der Waals surface area (Å²) in [6.07, 6.45) is 5.01.